The molecule has 82 valence electrons. The normalized spacial score (nSPS) is 12.4. The highest BCUT2D eigenvalue weighted by molar-refractivity contribution is 6.89. The number of hydrogen-bond acceptors (Lipinski definition) is 0. The van der Waals surface area contributed by atoms with Crippen LogP contribution in [0.5, 0.6) is 0 Å². The molecule has 0 aliphatic heterocycles. The predicted molar refractivity (Wildman–Crippen MR) is 74.8 cm³/mol. The molecule has 2 aromatic carbocycles. The van der Waals surface area contributed by atoms with Crippen molar-refractivity contribution >= 4 is 30.8 Å². The lowest BCUT2D eigenvalue weighted by atomic mass is 10.2. The van der Waals surface area contributed by atoms with Crippen LogP contribution in [-0.2, 0) is 0 Å². The van der Waals surface area contributed by atoms with Crippen LogP contribution in [0.1, 0.15) is 5.56 Å². The molecule has 0 spiro atoms. The Balaban J connectivity index is 2.41. The van der Waals surface area contributed by atoms with Gasteiger partial charge in [0.15, 0.2) is 0 Å². The van der Waals surface area contributed by atoms with Gasteiger partial charge >= 0.3 is 0 Å². The largest absolute Gasteiger partial charge is 0.130 e. The second-order valence-corrected chi connectivity index (χ2v) is 7.60. The first-order valence-electron chi connectivity index (χ1n) is 5.49. The van der Waals surface area contributed by atoms with E-state index in [1.165, 1.54) is 15.9 Å². The molecule has 16 heavy (non-hydrogen) atoms. The van der Waals surface area contributed by atoms with Gasteiger partial charge in [-0.25, -0.2) is 0 Å². The van der Waals surface area contributed by atoms with E-state index in [2.05, 4.69) is 61.5 Å². The lowest BCUT2D eigenvalue weighted by Crippen LogP contribution is -2.45. The van der Waals surface area contributed by atoms with E-state index in [0.29, 0.717) is 0 Å². The maximum absolute atomic E-state index is 6.17. The van der Waals surface area contributed by atoms with Crippen molar-refractivity contribution in [1.82, 2.24) is 0 Å². The summed E-state index contributed by atoms with van der Waals surface area (Å²) < 4.78 is 0. The monoisotopic (exact) mass is 246 g/mol. The molecule has 0 aliphatic rings. The molecule has 0 aliphatic carbocycles. The second-order valence-electron chi connectivity index (χ2n) is 3.97. The van der Waals surface area contributed by atoms with Gasteiger partial charge in [-0.1, -0.05) is 70.5 Å². The molecule has 0 fully saturated rings. The molecule has 0 aromatic heterocycles. The zero-order chi connectivity index (χ0) is 11.4. The lowest BCUT2D eigenvalue weighted by molar-refractivity contribution is 1.51. The average molecular weight is 247 g/mol. The van der Waals surface area contributed by atoms with Crippen LogP contribution in [0.15, 0.2) is 54.6 Å². The van der Waals surface area contributed by atoms with Crippen molar-refractivity contribution in [3.63, 3.8) is 0 Å². The summed E-state index contributed by atoms with van der Waals surface area (Å²) in [5.74, 6) is 0. The van der Waals surface area contributed by atoms with E-state index >= 15 is 0 Å². The second kappa shape index (κ2) is 5.33. The Labute approximate surface area is 103 Å². The number of halogens is 1. The van der Waals surface area contributed by atoms with Gasteiger partial charge in [0.2, 0.25) is 0 Å². The van der Waals surface area contributed by atoms with Gasteiger partial charge in [-0.15, -0.1) is 11.6 Å². The van der Waals surface area contributed by atoms with Gasteiger partial charge in [-0.05, 0) is 6.92 Å². The molecule has 0 bridgehead atoms. The Morgan fingerprint density at radius 2 is 1.56 bits per heavy atom. The summed E-state index contributed by atoms with van der Waals surface area (Å²) in [6.07, 6.45) is 0. The third-order valence-corrected chi connectivity index (χ3v) is 6.74. The van der Waals surface area contributed by atoms with E-state index < -0.39 is 8.80 Å². The van der Waals surface area contributed by atoms with E-state index in [1.54, 1.807) is 0 Å². The van der Waals surface area contributed by atoms with Crippen molar-refractivity contribution in [3.05, 3.63) is 60.2 Å². The minimum absolute atomic E-state index is 0.759. The number of aryl methyl sites for hydroxylation is 1. The third kappa shape index (κ3) is 2.37. The van der Waals surface area contributed by atoms with E-state index in [9.17, 15) is 0 Å². The van der Waals surface area contributed by atoms with Crippen molar-refractivity contribution < 1.29 is 0 Å². The topological polar surface area (TPSA) is 0 Å². The summed E-state index contributed by atoms with van der Waals surface area (Å²) in [5, 5.41) is 2.88. The number of rotatable bonds is 3. The molecule has 0 saturated carbocycles. The minimum atomic E-state index is -1.20. The number of hydrogen-bond donors (Lipinski definition) is 0. The van der Waals surface area contributed by atoms with Crippen molar-refractivity contribution in [2.75, 3.05) is 5.50 Å². The summed E-state index contributed by atoms with van der Waals surface area (Å²) in [7, 11) is -1.20. The zero-order valence-corrected chi connectivity index (χ0v) is 11.3. The Kier molecular flexibility index (Phi) is 3.81. The predicted octanol–water partition coefficient (Wildman–Crippen LogP) is 2.11. The molecule has 2 rings (SSSR count). The SMILES string of the molecule is Cc1ccccc1[SiH](CCl)c1ccccc1. The Hall–Kier alpha value is -1.05. The summed E-state index contributed by atoms with van der Waals surface area (Å²) in [5.41, 5.74) is 2.12. The number of alkyl halides is 1. The molecule has 0 heterocycles. The quantitative estimate of drug-likeness (QED) is 0.575. The molecule has 1 atom stereocenters. The van der Waals surface area contributed by atoms with Gasteiger partial charge in [-0.3, -0.25) is 0 Å². The number of benzene rings is 2. The molecular formula is C14H15ClSi. The highest BCUT2D eigenvalue weighted by atomic mass is 35.5. The first kappa shape index (κ1) is 11.4. The van der Waals surface area contributed by atoms with Crippen molar-refractivity contribution in [1.29, 1.82) is 0 Å². The van der Waals surface area contributed by atoms with Crippen LogP contribution in [0.4, 0.5) is 0 Å². The maximum Gasteiger partial charge on any atom is 0.118 e. The van der Waals surface area contributed by atoms with Crippen molar-refractivity contribution in [2.45, 2.75) is 6.92 Å². The fourth-order valence-electron chi connectivity index (χ4n) is 2.01. The molecule has 2 aromatic rings. The zero-order valence-electron chi connectivity index (χ0n) is 9.36. The van der Waals surface area contributed by atoms with Gasteiger partial charge in [0.1, 0.15) is 8.80 Å². The minimum Gasteiger partial charge on any atom is -0.130 e. The fraction of sp³-hybridized carbons (Fsp3) is 0.143. The smallest absolute Gasteiger partial charge is 0.118 e. The molecule has 0 radical (unpaired) electrons. The van der Waals surface area contributed by atoms with Crippen LogP contribution in [0.3, 0.4) is 0 Å². The van der Waals surface area contributed by atoms with Crippen molar-refractivity contribution in [2.24, 2.45) is 0 Å². The van der Waals surface area contributed by atoms with E-state index in [-0.39, 0.29) is 0 Å². The van der Waals surface area contributed by atoms with Gasteiger partial charge in [0, 0.05) is 5.50 Å². The van der Waals surface area contributed by atoms with Crippen LogP contribution in [0, 0.1) is 6.92 Å². The molecular weight excluding hydrogens is 232 g/mol. The summed E-state index contributed by atoms with van der Waals surface area (Å²) >= 11 is 6.17. The first-order chi connectivity index (χ1) is 7.83. The van der Waals surface area contributed by atoms with Gasteiger partial charge < -0.3 is 0 Å². The molecule has 2 heteroatoms. The summed E-state index contributed by atoms with van der Waals surface area (Å²) in [4.78, 5) is 0. The first-order valence-corrected chi connectivity index (χ1v) is 8.00. The molecule has 0 amide bonds. The highest BCUT2D eigenvalue weighted by Gasteiger charge is 2.16. The van der Waals surface area contributed by atoms with Gasteiger partial charge in [-0.2, -0.15) is 0 Å². The highest BCUT2D eigenvalue weighted by Crippen LogP contribution is 1.99. The summed E-state index contributed by atoms with van der Waals surface area (Å²) in [6.45, 7) is 2.17. The van der Waals surface area contributed by atoms with Crippen LogP contribution >= 0.6 is 11.6 Å². The van der Waals surface area contributed by atoms with E-state index in [0.717, 1.165) is 5.50 Å². The Bertz CT molecular complexity index is 453. The summed E-state index contributed by atoms with van der Waals surface area (Å²) in [6, 6.07) is 19.2. The van der Waals surface area contributed by atoms with Crippen LogP contribution < -0.4 is 10.4 Å². The third-order valence-electron chi connectivity index (χ3n) is 2.92. The fourth-order valence-corrected chi connectivity index (χ4v) is 5.43. The van der Waals surface area contributed by atoms with Gasteiger partial charge in [0.05, 0.1) is 0 Å². The Morgan fingerprint density at radius 3 is 2.19 bits per heavy atom. The average Bonchev–Trinajstić information content (AvgIpc) is 2.34. The van der Waals surface area contributed by atoms with Crippen LogP contribution in [0.2, 0.25) is 0 Å². The standard InChI is InChI=1S/C14H15ClSi/c1-12-7-5-6-10-14(12)16(11-15)13-8-3-2-4-9-13/h2-10,16H,11H2,1H3. The van der Waals surface area contributed by atoms with Gasteiger partial charge in [0.25, 0.3) is 0 Å². The maximum atomic E-state index is 6.17. The molecule has 0 N–H and O–H groups in total. The molecule has 0 saturated heterocycles. The molecule has 0 nitrogen and oxygen atoms in total. The van der Waals surface area contributed by atoms with Crippen LogP contribution in [0.25, 0.3) is 0 Å². The lowest BCUT2D eigenvalue weighted by Gasteiger charge is -2.15. The van der Waals surface area contributed by atoms with Crippen LogP contribution in [-0.4, -0.2) is 14.3 Å². The van der Waals surface area contributed by atoms with E-state index in [1.807, 2.05) is 0 Å². The van der Waals surface area contributed by atoms with E-state index in [4.69, 9.17) is 11.6 Å². The van der Waals surface area contributed by atoms with Crippen molar-refractivity contribution in [3.8, 4) is 0 Å². The Morgan fingerprint density at radius 1 is 0.938 bits per heavy atom. The molecule has 1 unspecified atom stereocenters.